The monoisotopic (exact) mass is 416 g/mol. The molecule has 0 bridgehead atoms. The standard InChI is InChI=1S/C30H28N2/c1-21(2)28-17-14-24-11-7-8-12-30(24)32(28)29-18-15-25(19-22(29)3)27-16-13-26(20-31-27)23-9-5-4-6-10-23/h4-13,15-21H,14H2,1-3H3. The first-order chi connectivity index (χ1) is 15.6. The van der Waals surface area contributed by atoms with Gasteiger partial charge in [0, 0.05) is 34.4 Å². The van der Waals surface area contributed by atoms with Gasteiger partial charge in [0.2, 0.25) is 0 Å². The van der Waals surface area contributed by atoms with Crippen LogP contribution in [0.3, 0.4) is 0 Å². The molecule has 1 aliphatic heterocycles. The maximum absolute atomic E-state index is 4.76. The third-order valence-electron chi connectivity index (χ3n) is 6.22. The minimum Gasteiger partial charge on any atom is -0.314 e. The van der Waals surface area contributed by atoms with E-state index in [1.165, 1.54) is 33.8 Å². The van der Waals surface area contributed by atoms with Crippen LogP contribution in [0.25, 0.3) is 22.4 Å². The van der Waals surface area contributed by atoms with Crippen LogP contribution in [0.1, 0.15) is 25.0 Å². The molecule has 1 aromatic heterocycles. The molecule has 2 heteroatoms. The average Bonchev–Trinajstić information content (AvgIpc) is 2.84. The molecular formula is C30H28N2. The van der Waals surface area contributed by atoms with E-state index in [4.69, 9.17) is 4.98 Å². The predicted molar refractivity (Wildman–Crippen MR) is 135 cm³/mol. The first kappa shape index (κ1) is 20.3. The topological polar surface area (TPSA) is 16.1 Å². The van der Waals surface area contributed by atoms with E-state index in [9.17, 15) is 0 Å². The van der Waals surface area contributed by atoms with Gasteiger partial charge in [-0.1, -0.05) is 80.6 Å². The van der Waals surface area contributed by atoms with Crippen LogP contribution in [0.2, 0.25) is 0 Å². The number of aromatic nitrogens is 1. The smallest absolute Gasteiger partial charge is 0.0702 e. The zero-order chi connectivity index (χ0) is 22.1. The molecule has 0 saturated carbocycles. The van der Waals surface area contributed by atoms with Gasteiger partial charge in [0.15, 0.2) is 0 Å². The molecule has 0 radical (unpaired) electrons. The third-order valence-corrected chi connectivity index (χ3v) is 6.22. The zero-order valence-electron chi connectivity index (χ0n) is 18.9. The van der Waals surface area contributed by atoms with Crippen molar-refractivity contribution in [3.8, 4) is 22.4 Å². The lowest BCUT2D eigenvalue weighted by Crippen LogP contribution is -2.25. The molecule has 0 atom stereocenters. The summed E-state index contributed by atoms with van der Waals surface area (Å²) in [7, 11) is 0. The molecule has 2 nitrogen and oxygen atoms in total. The summed E-state index contributed by atoms with van der Waals surface area (Å²) in [6.45, 7) is 6.75. The highest BCUT2D eigenvalue weighted by molar-refractivity contribution is 5.78. The Bertz CT molecular complexity index is 1270. The van der Waals surface area contributed by atoms with Crippen molar-refractivity contribution in [2.45, 2.75) is 27.2 Å². The average molecular weight is 417 g/mol. The van der Waals surface area contributed by atoms with Crippen LogP contribution in [-0.4, -0.2) is 4.98 Å². The van der Waals surface area contributed by atoms with Crippen LogP contribution in [0.5, 0.6) is 0 Å². The van der Waals surface area contributed by atoms with E-state index in [1.807, 2.05) is 12.3 Å². The van der Waals surface area contributed by atoms with E-state index in [1.54, 1.807) is 0 Å². The number of benzene rings is 3. The number of fused-ring (bicyclic) bond motifs is 1. The van der Waals surface area contributed by atoms with Crippen LogP contribution in [0.15, 0.2) is 103 Å². The van der Waals surface area contributed by atoms with Gasteiger partial charge in [-0.25, -0.2) is 0 Å². The summed E-state index contributed by atoms with van der Waals surface area (Å²) in [5.74, 6) is 0.453. The lowest BCUT2D eigenvalue weighted by Gasteiger charge is -2.36. The maximum atomic E-state index is 4.76. The molecule has 1 aliphatic rings. The number of rotatable bonds is 4. The van der Waals surface area contributed by atoms with Crippen molar-refractivity contribution in [2.24, 2.45) is 5.92 Å². The molecule has 0 unspecified atom stereocenters. The first-order valence-electron chi connectivity index (χ1n) is 11.3. The highest BCUT2D eigenvalue weighted by Crippen LogP contribution is 2.41. The SMILES string of the molecule is Cc1cc(-c2ccc(-c3ccccc3)cn2)ccc1N1C(C(C)C)=CCc2ccccc21. The van der Waals surface area contributed by atoms with Crippen LogP contribution < -0.4 is 4.90 Å². The maximum Gasteiger partial charge on any atom is 0.0702 e. The van der Waals surface area contributed by atoms with Gasteiger partial charge in [0.05, 0.1) is 5.69 Å². The Labute approximate surface area is 190 Å². The van der Waals surface area contributed by atoms with E-state index in [0.717, 1.165) is 23.2 Å². The molecule has 0 saturated heterocycles. The summed E-state index contributed by atoms with van der Waals surface area (Å²) in [5, 5.41) is 0. The van der Waals surface area contributed by atoms with Crippen molar-refractivity contribution >= 4 is 11.4 Å². The van der Waals surface area contributed by atoms with Crippen LogP contribution in [0, 0.1) is 12.8 Å². The van der Waals surface area contributed by atoms with Gasteiger partial charge < -0.3 is 4.90 Å². The van der Waals surface area contributed by atoms with Crippen molar-refractivity contribution in [3.63, 3.8) is 0 Å². The number of hydrogen-bond donors (Lipinski definition) is 0. The van der Waals surface area contributed by atoms with Crippen molar-refractivity contribution in [2.75, 3.05) is 4.90 Å². The number of para-hydroxylation sites is 1. The number of anilines is 2. The lowest BCUT2D eigenvalue weighted by atomic mass is 9.95. The minimum atomic E-state index is 0.453. The summed E-state index contributed by atoms with van der Waals surface area (Å²) >= 11 is 0. The van der Waals surface area contributed by atoms with Crippen molar-refractivity contribution in [3.05, 3.63) is 114 Å². The Morgan fingerprint density at radius 1 is 0.750 bits per heavy atom. The number of pyridine rings is 1. The number of aryl methyl sites for hydroxylation is 1. The summed E-state index contributed by atoms with van der Waals surface area (Å²) in [5.41, 5.74) is 11.0. The second-order valence-electron chi connectivity index (χ2n) is 8.75. The third kappa shape index (κ3) is 3.73. The number of nitrogens with zero attached hydrogens (tertiary/aromatic N) is 2. The summed E-state index contributed by atoms with van der Waals surface area (Å²) < 4.78 is 0. The van der Waals surface area contributed by atoms with Crippen molar-refractivity contribution in [1.82, 2.24) is 4.98 Å². The van der Waals surface area contributed by atoms with Crippen LogP contribution in [0.4, 0.5) is 11.4 Å². The highest BCUT2D eigenvalue weighted by atomic mass is 15.2. The molecule has 0 N–H and O–H groups in total. The predicted octanol–water partition coefficient (Wildman–Crippen LogP) is 7.96. The first-order valence-corrected chi connectivity index (χ1v) is 11.3. The molecule has 0 fully saturated rings. The quantitative estimate of drug-likeness (QED) is 0.335. The molecule has 0 aliphatic carbocycles. The lowest BCUT2D eigenvalue weighted by molar-refractivity contribution is 0.732. The molecule has 32 heavy (non-hydrogen) atoms. The minimum absolute atomic E-state index is 0.453. The van der Waals surface area contributed by atoms with Gasteiger partial charge in [-0.15, -0.1) is 0 Å². The van der Waals surface area contributed by atoms with E-state index in [-0.39, 0.29) is 0 Å². The fraction of sp³-hybridized carbons (Fsp3) is 0.167. The van der Waals surface area contributed by atoms with E-state index >= 15 is 0 Å². The summed E-state index contributed by atoms with van der Waals surface area (Å²) in [4.78, 5) is 7.20. The Morgan fingerprint density at radius 2 is 1.50 bits per heavy atom. The van der Waals surface area contributed by atoms with Gasteiger partial charge >= 0.3 is 0 Å². The molecule has 3 aromatic carbocycles. The number of hydrogen-bond acceptors (Lipinski definition) is 2. The van der Waals surface area contributed by atoms with Crippen LogP contribution in [-0.2, 0) is 6.42 Å². The molecule has 5 rings (SSSR count). The second kappa shape index (κ2) is 8.47. The van der Waals surface area contributed by atoms with E-state index in [0.29, 0.717) is 5.92 Å². The van der Waals surface area contributed by atoms with Crippen molar-refractivity contribution < 1.29 is 0 Å². The molecule has 158 valence electrons. The summed E-state index contributed by atoms with van der Waals surface area (Å²) in [6, 6.07) is 30.1. The summed E-state index contributed by atoms with van der Waals surface area (Å²) in [6.07, 6.45) is 5.34. The largest absolute Gasteiger partial charge is 0.314 e. The van der Waals surface area contributed by atoms with Gasteiger partial charge in [-0.05, 0) is 60.2 Å². The fourth-order valence-electron chi connectivity index (χ4n) is 4.54. The number of allylic oxidation sites excluding steroid dienone is 2. The molecule has 0 spiro atoms. The van der Waals surface area contributed by atoms with Gasteiger partial charge in [0.1, 0.15) is 0 Å². The molecule has 0 amide bonds. The van der Waals surface area contributed by atoms with E-state index < -0.39 is 0 Å². The second-order valence-corrected chi connectivity index (χ2v) is 8.75. The van der Waals surface area contributed by atoms with Crippen LogP contribution >= 0.6 is 0 Å². The normalized spacial score (nSPS) is 13.1. The fourth-order valence-corrected chi connectivity index (χ4v) is 4.54. The Hall–Kier alpha value is -3.65. The van der Waals surface area contributed by atoms with E-state index in [2.05, 4.69) is 111 Å². The Balaban J connectivity index is 1.50. The zero-order valence-corrected chi connectivity index (χ0v) is 18.9. The molecular weight excluding hydrogens is 388 g/mol. The van der Waals surface area contributed by atoms with Gasteiger partial charge in [-0.3, -0.25) is 4.98 Å². The molecule has 2 heterocycles. The Morgan fingerprint density at radius 3 is 2.22 bits per heavy atom. The van der Waals surface area contributed by atoms with Gasteiger partial charge in [-0.2, -0.15) is 0 Å². The highest BCUT2D eigenvalue weighted by Gasteiger charge is 2.24. The molecule has 4 aromatic rings. The Kier molecular flexibility index (Phi) is 5.36. The van der Waals surface area contributed by atoms with Gasteiger partial charge in [0.25, 0.3) is 0 Å². The van der Waals surface area contributed by atoms with Crippen molar-refractivity contribution in [1.29, 1.82) is 0 Å².